The van der Waals surface area contributed by atoms with E-state index < -0.39 is 0 Å². The Hall–Kier alpha value is -0.320. The first-order valence-corrected chi connectivity index (χ1v) is 11.1. The van der Waals surface area contributed by atoms with Crippen molar-refractivity contribution in [2.45, 2.75) is 38.8 Å². The van der Waals surface area contributed by atoms with Gasteiger partial charge in [-0.2, -0.15) is 0 Å². The van der Waals surface area contributed by atoms with Crippen molar-refractivity contribution in [1.82, 2.24) is 4.90 Å². The summed E-state index contributed by atoms with van der Waals surface area (Å²) in [6.45, 7) is 13.0. The van der Waals surface area contributed by atoms with Crippen molar-refractivity contribution in [2.75, 3.05) is 99.5 Å². The van der Waals surface area contributed by atoms with E-state index in [9.17, 15) is 0 Å². The zero-order chi connectivity index (χ0) is 21.0. The zero-order valence-electron chi connectivity index (χ0n) is 18.8. The molecule has 1 rings (SSSR count). The topological polar surface area (TPSA) is 67.9 Å². The molecule has 1 fully saturated rings. The summed E-state index contributed by atoms with van der Waals surface area (Å²) in [5.74, 6) is 0. The van der Waals surface area contributed by atoms with Crippen LogP contribution in [-0.4, -0.2) is 117 Å². The van der Waals surface area contributed by atoms with Gasteiger partial charge >= 0.3 is 0 Å². The molecular weight excluding hydrogens is 378 g/mol. The Labute approximate surface area is 177 Å². The van der Waals surface area contributed by atoms with Crippen molar-refractivity contribution in [3.63, 3.8) is 0 Å². The minimum absolute atomic E-state index is 0.346. The first-order chi connectivity index (χ1) is 14.3. The van der Waals surface area contributed by atoms with Crippen LogP contribution >= 0.6 is 0 Å². The second kappa shape index (κ2) is 19.6. The van der Waals surface area contributed by atoms with Gasteiger partial charge in [0.25, 0.3) is 0 Å². The van der Waals surface area contributed by atoms with E-state index in [1.807, 2.05) is 6.92 Å². The lowest BCUT2D eigenvalue weighted by Gasteiger charge is -2.15. The molecule has 29 heavy (non-hydrogen) atoms. The van der Waals surface area contributed by atoms with Crippen LogP contribution in [0.5, 0.6) is 0 Å². The molecule has 0 spiro atoms. The third kappa shape index (κ3) is 15.2. The monoisotopic (exact) mass is 421 g/mol. The van der Waals surface area contributed by atoms with Crippen molar-refractivity contribution < 1.29 is 33.2 Å². The molecule has 0 radical (unpaired) electrons. The van der Waals surface area contributed by atoms with Crippen molar-refractivity contribution in [3.8, 4) is 0 Å². The highest BCUT2D eigenvalue weighted by Gasteiger charge is 2.28. The molecule has 0 N–H and O–H groups in total. The molecule has 0 bridgehead atoms. The molecule has 1 aliphatic heterocycles. The van der Waals surface area contributed by atoms with Crippen LogP contribution in [0.1, 0.15) is 26.7 Å². The molecule has 8 nitrogen and oxygen atoms in total. The van der Waals surface area contributed by atoms with Gasteiger partial charge in [-0.25, -0.2) is 0 Å². The Morgan fingerprint density at radius 3 is 1.41 bits per heavy atom. The third-order valence-electron chi connectivity index (χ3n) is 4.77. The van der Waals surface area contributed by atoms with Crippen molar-refractivity contribution in [3.05, 3.63) is 0 Å². The average Bonchev–Trinajstić information content (AvgIpc) is 3.09. The maximum absolute atomic E-state index is 5.88. The van der Waals surface area contributed by atoms with Crippen molar-refractivity contribution in [1.29, 1.82) is 0 Å². The van der Waals surface area contributed by atoms with Crippen LogP contribution in [-0.2, 0) is 33.2 Å². The van der Waals surface area contributed by atoms with E-state index >= 15 is 0 Å². The Balaban J connectivity index is 1.69. The lowest BCUT2D eigenvalue weighted by Crippen LogP contribution is -2.24. The Morgan fingerprint density at radius 2 is 1.03 bits per heavy atom. The normalized spacial score (nSPS) is 20.0. The first-order valence-electron chi connectivity index (χ1n) is 11.1. The van der Waals surface area contributed by atoms with Crippen LogP contribution < -0.4 is 0 Å². The number of ether oxygens (including phenoxy) is 7. The maximum atomic E-state index is 5.88. The smallest absolute Gasteiger partial charge is 0.0718 e. The minimum atomic E-state index is 0.346. The predicted octanol–water partition coefficient (Wildman–Crippen LogP) is 1.61. The lowest BCUT2D eigenvalue weighted by atomic mass is 10.1. The van der Waals surface area contributed by atoms with E-state index in [0.717, 1.165) is 19.6 Å². The van der Waals surface area contributed by atoms with E-state index in [2.05, 4.69) is 18.9 Å². The average molecular weight is 422 g/mol. The second-order valence-corrected chi connectivity index (χ2v) is 6.99. The summed E-state index contributed by atoms with van der Waals surface area (Å²) in [7, 11) is 2.17. The second-order valence-electron chi connectivity index (χ2n) is 6.99. The molecule has 2 unspecified atom stereocenters. The highest BCUT2D eigenvalue weighted by Crippen LogP contribution is 2.20. The van der Waals surface area contributed by atoms with Gasteiger partial charge in [0.1, 0.15) is 0 Å². The molecule has 174 valence electrons. The Morgan fingerprint density at radius 1 is 0.621 bits per heavy atom. The molecule has 0 aliphatic carbocycles. The standard InChI is InChI=1S/C21H43NO7/c1-4-20-18-21(19-22(20)3)29-17-16-28-15-14-27-13-12-26-11-10-25-9-8-24-7-6-23-5-2/h20-21H,4-19H2,1-3H3. The largest absolute Gasteiger partial charge is 0.379 e. The molecule has 1 saturated heterocycles. The van der Waals surface area contributed by atoms with Gasteiger partial charge in [0.05, 0.1) is 85.4 Å². The third-order valence-corrected chi connectivity index (χ3v) is 4.77. The number of hydrogen-bond donors (Lipinski definition) is 0. The van der Waals surface area contributed by atoms with E-state index in [-0.39, 0.29) is 0 Å². The first kappa shape index (κ1) is 26.7. The van der Waals surface area contributed by atoms with Gasteiger partial charge in [0.15, 0.2) is 0 Å². The van der Waals surface area contributed by atoms with Crippen LogP contribution in [0.4, 0.5) is 0 Å². The quantitative estimate of drug-likeness (QED) is 0.259. The predicted molar refractivity (Wildman–Crippen MR) is 112 cm³/mol. The van der Waals surface area contributed by atoms with Gasteiger partial charge in [-0.3, -0.25) is 0 Å². The number of likely N-dealkylation sites (tertiary alicyclic amines) is 1. The van der Waals surface area contributed by atoms with Crippen molar-refractivity contribution in [2.24, 2.45) is 0 Å². The summed E-state index contributed by atoms with van der Waals surface area (Å²) in [6, 6.07) is 0.660. The minimum Gasteiger partial charge on any atom is -0.379 e. The van der Waals surface area contributed by atoms with Crippen LogP contribution in [0.2, 0.25) is 0 Å². The summed E-state index contributed by atoms with van der Waals surface area (Å²) in [6.07, 6.45) is 2.66. The van der Waals surface area contributed by atoms with Gasteiger partial charge < -0.3 is 38.1 Å². The molecular formula is C21H43NO7. The zero-order valence-corrected chi connectivity index (χ0v) is 18.8. The molecule has 0 aromatic heterocycles. The summed E-state index contributed by atoms with van der Waals surface area (Å²) in [5.41, 5.74) is 0. The fraction of sp³-hybridized carbons (Fsp3) is 1.00. The fourth-order valence-corrected chi connectivity index (χ4v) is 3.14. The lowest BCUT2D eigenvalue weighted by molar-refractivity contribution is -0.0254. The Kier molecular flexibility index (Phi) is 18.1. The van der Waals surface area contributed by atoms with E-state index in [4.69, 9.17) is 33.2 Å². The van der Waals surface area contributed by atoms with E-state index in [1.54, 1.807) is 0 Å². The summed E-state index contributed by atoms with van der Waals surface area (Å²) in [4.78, 5) is 2.38. The molecule has 0 amide bonds. The molecule has 0 aromatic rings. The van der Waals surface area contributed by atoms with Crippen LogP contribution in [0, 0.1) is 0 Å². The molecule has 8 heteroatoms. The number of likely N-dealkylation sites (N-methyl/N-ethyl adjacent to an activating group) is 1. The van der Waals surface area contributed by atoms with Crippen molar-refractivity contribution >= 4 is 0 Å². The van der Waals surface area contributed by atoms with E-state index in [1.165, 1.54) is 6.42 Å². The van der Waals surface area contributed by atoms with Gasteiger partial charge in [-0.15, -0.1) is 0 Å². The van der Waals surface area contributed by atoms with Gasteiger partial charge in [0.2, 0.25) is 0 Å². The number of nitrogens with zero attached hydrogens (tertiary/aromatic N) is 1. The van der Waals surface area contributed by atoms with Crippen LogP contribution in [0.25, 0.3) is 0 Å². The molecule has 1 aliphatic rings. The molecule has 0 saturated carbocycles. The number of hydrogen-bond acceptors (Lipinski definition) is 8. The summed E-state index contributed by atoms with van der Waals surface area (Å²) >= 11 is 0. The summed E-state index contributed by atoms with van der Waals surface area (Å²) in [5, 5.41) is 0. The van der Waals surface area contributed by atoms with Gasteiger partial charge in [-0.05, 0) is 26.8 Å². The molecule has 1 heterocycles. The van der Waals surface area contributed by atoms with Crippen LogP contribution in [0.3, 0.4) is 0 Å². The molecule has 2 atom stereocenters. The summed E-state index contributed by atoms with van der Waals surface area (Å²) < 4.78 is 38.3. The van der Waals surface area contributed by atoms with E-state index in [0.29, 0.717) is 91.4 Å². The SMILES string of the molecule is CCOCCOCCOCCOCCOCCOCCOC1CC(CC)N(C)C1. The number of rotatable bonds is 21. The maximum Gasteiger partial charge on any atom is 0.0718 e. The van der Waals surface area contributed by atoms with Gasteiger partial charge in [-0.1, -0.05) is 6.92 Å². The highest BCUT2D eigenvalue weighted by atomic mass is 16.6. The highest BCUT2D eigenvalue weighted by molar-refractivity contribution is 4.82. The fourth-order valence-electron chi connectivity index (χ4n) is 3.14. The Bertz CT molecular complexity index is 349. The van der Waals surface area contributed by atoms with Crippen LogP contribution in [0.15, 0.2) is 0 Å². The molecule has 0 aromatic carbocycles. The van der Waals surface area contributed by atoms with Gasteiger partial charge in [0, 0.05) is 19.2 Å².